The van der Waals surface area contributed by atoms with E-state index in [1.165, 1.54) is 24.3 Å². The molecule has 0 spiro atoms. The van der Waals surface area contributed by atoms with E-state index in [4.69, 9.17) is 10.9 Å². The van der Waals surface area contributed by atoms with Crippen LogP contribution in [0.2, 0.25) is 0 Å². The predicted molar refractivity (Wildman–Crippen MR) is 78.5 cm³/mol. The van der Waals surface area contributed by atoms with Gasteiger partial charge in [-0.15, -0.1) is 13.2 Å². The molecule has 0 heterocycles. The Morgan fingerprint density at radius 2 is 1.67 bits per heavy atom. The summed E-state index contributed by atoms with van der Waals surface area (Å²) in [7, 11) is -4.34. The number of para-hydroxylation sites is 1. The van der Waals surface area contributed by atoms with Gasteiger partial charge in [-0.25, -0.2) is 13.6 Å². The van der Waals surface area contributed by atoms with E-state index in [2.05, 4.69) is 4.74 Å². The highest BCUT2D eigenvalue weighted by Crippen LogP contribution is 2.38. The Hall–Kier alpha value is -2.59. The van der Waals surface area contributed by atoms with Crippen molar-refractivity contribution in [1.29, 1.82) is 0 Å². The van der Waals surface area contributed by atoms with E-state index in [-0.39, 0.29) is 16.7 Å². The van der Waals surface area contributed by atoms with Crippen molar-refractivity contribution < 1.29 is 31.1 Å². The Morgan fingerprint density at radius 3 is 2.21 bits per heavy atom. The van der Waals surface area contributed by atoms with E-state index >= 15 is 0 Å². The van der Waals surface area contributed by atoms with Crippen molar-refractivity contribution in [3.8, 4) is 16.9 Å². The van der Waals surface area contributed by atoms with E-state index in [0.29, 0.717) is 0 Å². The molecule has 0 atom stereocenters. The van der Waals surface area contributed by atoms with Crippen LogP contribution in [0.25, 0.3) is 11.1 Å². The van der Waals surface area contributed by atoms with Crippen molar-refractivity contribution in [3.05, 3.63) is 48.0 Å². The third-order valence-electron chi connectivity index (χ3n) is 2.98. The molecule has 2 rings (SSSR count). The molecule has 0 aliphatic carbocycles. The maximum atomic E-state index is 12.6. The maximum absolute atomic E-state index is 12.6. The number of carbonyl (C=O) groups excluding carboxylic acids is 1. The molecular formula is C14H11F3N2O4S. The number of primary sulfonamides is 1. The lowest BCUT2D eigenvalue weighted by atomic mass is 9.98. The number of hydrogen-bond donors (Lipinski definition) is 2. The molecule has 0 saturated carbocycles. The number of benzene rings is 2. The van der Waals surface area contributed by atoms with Crippen molar-refractivity contribution in [2.75, 3.05) is 0 Å². The molecule has 0 aromatic heterocycles. The SMILES string of the molecule is NC(=O)c1cccc(S(N)(=O)=O)c1-c1ccccc1OC(F)(F)F. The van der Waals surface area contributed by atoms with Gasteiger partial charge in [-0.2, -0.15) is 0 Å². The standard InChI is InChI=1S/C14H11F3N2O4S/c15-14(16,17)23-10-6-2-1-4-8(10)12-9(13(18)20)5-3-7-11(12)24(19,21)22/h1-7H,(H2,18,20)(H2,19,21,22). The van der Waals surface area contributed by atoms with Crippen LogP contribution in [0.4, 0.5) is 13.2 Å². The molecule has 6 nitrogen and oxygen atoms in total. The first-order valence-electron chi connectivity index (χ1n) is 6.31. The van der Waals surface area contributed by atoms with Crippen molar-refractivity contribution in [3.63, 3.8) is 0 Å². The molecule has 0 aliphatic rings. The number of ether oxygens (including phenoxy) is 1. The first-order valence-corrected chi connectivity index (χ1v) is 7.86. The zero-order valence-corrected chi connectivity index (χ0v) is 12.7. The van der Waals surface area contributed by atoms with Crippen molar-refractivity contribution in [1.82, 2.24) is 0 Å². The lowest BCUT2D eigenvalue weighted by Gasteiger charge is -2.17. The summed E-state index contributed by atoms with van der Waals surface area (Å²) in [4.78, 5) is 11.0. The number of primary amides is 1. The molecule has 2 aromatic carbocycles. The summed E-state index contributed by atoms with van der Waals surface area (Å²) in [5.74, 6) is -1.72. The molecule has 0 fully saturated rings. The van der Waals surface area contributed by atoms with E-state index in [1.54, 1.807) is 0 Å². The van der Waals surface area contributed by atoms with Crippen LogP contribution < -0.4 is 15.6 Å². The van der Waals surface area contributed by atoms with Crippen LogP contribution in [-0.4, -0.2) is 20.7 Å². The maximum Gasteiger partial charge on any atom is 0.573 e. The minimum absolute atomic E-state index is 0.284. The van der Waals surface area contributed by atoms with Crippen LogP contribution >= 0.6 is 0 Å². The lowest BCUT2D eigenvalue weighted by Crippen LogP contribution is -2.20. The van der Waals surface area contributed by atoms with Gasteiger partial charge < -0.3 is 10.5 Å². The van der Waals surface area contributed by atoms with Crippen LogP contribution in [0.5, 0.6) is 5.75 Å². The highest BCUT2D eigenvalue weighted by atomic mass is 32.2. The van der Waals surface area contributed by atoms with Gasteiger partial charge in [0.25, 0.3) is 0 Å². The van der Waals surface area contributed by atoms with Crippen LogP contribution in [0.15, 0.2) is 47.4 Å². The van der Waals surface area contributed by atoms with E-state index in [0.717, 1.165) is 18.2 Å². The molecule has 2 aromatic rings. The minimum atomic E-state index is -5.01. The molecule has 10 heteroatoms. The van der Waals surface area contributed by atoms with Gasteiger partial charge in [-0.1, -0.05) is 24.3 Å². The van der Waals surface area contributed by atoms with Gasteiger partial charge in [-0.3, -0.25) is 4.79 Å². The van der Waals surface area contributed by atoms with Crippen molar-refractivity contribution >= 4 is 15.9 Å². The molecule has 24 heavy (non-hydrogen) atoms. The number of amides is 1. The van der Waals surface area contributed by atoms with Crippen LogP contribution in [0.1, 0.15) is 10.4 Å². The van der Waals surface area contributed by atoms with E-state index in [1.807, 2.05) is 0 Å². The summed E-state index contributed by atoms with van der Waals surface area (Å²) in [5, 5.41) is 5.10. The zero-order valence-electron chi connectivity index (χ0n) is 11.9. The Bertz CT molecular complexity index is 895. The molecule has 0 radical (unpaired) electrons. The summed E-state index contributed by atoms with van der Waals surface area (Å²) in [6.45, 7) is 0. The molecule has 0 bridgehead atoms. The average molecular weight is 360 g/mol. The fourth-order valence-corrected chi connectivity index (χ4v) is 2.91. The van der Waals surface area contributed by atoms with E-state index in [9.17, 15) is 26.4 Å². The molecule has 1 amide bonds. The minimum Gasteiger partial charge on any atom is -0.405 e. The van der Waals surface area contributed by atoms with Gasteiger partial charge in [0.1, 0.15) is 5.75 Å². The monoisotopic (exact) mass is 360 g/mol. The lowest BCUT2D eigenvalue weighted by molar-refractivity contribution is -0.274. The van der Waals surface area contributed by atoms with Gasteiger partial charge in [0.2, 0.25) is 15.9 Å². The highest BCUT2D eigenvalue weighted by Gasteiger charge is 2.33. The first kappa shape index (κ1) is 17.8. The smallest absolute Gasteiger partial charge is 0.405 e. The van der Waals surface area contributed by atoms with Gasteiger partial charge in [-0.05, 0) is 18.2 Å². The van der Waals surface area contributed by atoms with Crippen LogP contribution in [0, 0.1) is 0 Å². The number of carbonyl (C=O) groups is 1. The second kappa shape index (κ2) is 6.13. The molecule has 4 N–H and O–H groups in total. The second-order valence-corrected chi connectivity index (χ2v) is 6.16. The van der Waals surface area contributed by atoms with Crippen LogP contribution in [0.3, 0.4) is 0 Å². The van der Waals surface area contributed by atoms with Gasteiger partial charge in [0.15, 0.2) is 0 Å². The largest absolute Gasteiger partial charge is 0.573 e. The Kier molecular flexibility index (Phi) is 4.54. The molecule has 128 valence electrons. The normalized spacial score (nSPS) is 12.0. The van der Waals surface area contributed by atoms with E-state index < -0.39 is 32.9 Å². The number of nitrogens with two attached hydrogens (primary N) is 2. The third-order valence-corrected chi connectivity index (χ3v) is 3.93. The Labute approximate surface area is 134 Å². The molecule has 0 unspecified atom stereocenters. The molecule has 0 saturated heterocycles. The number of sulfonamides is 1. The number of halogens is 3. The Morgan fingerprint density at radius 1 is 1.04 bits per heavy atom. The summed E-state index contributed by atoms with van der Waals surface area (Å²) in [6, 6.07) is 8.19. The number of rotatable bonds is 4. The average Bonchev–Trinajstić information content (AvgIpc) is 2.44. The summed E-state index contributed by atoms with van der Waals surface area (Å²) >= 11 is 0. The van der Waals surface area contributed by atoms with Crippen LogP contribution in [-0.2, 0) is 10.0 Å². The summed E-state index contributed by atoms with van der Waals surface area (Å²) < 4.78 is 65.1. The van der Waals surface area contributed by atoms with Gasteiger partial charge >= 0.3 is 6.36 Å². The predicted octanol–water partition coefficient (Wildman–Crippen LogP) is 2.00. The quantitative estimate of drug-likeness (QED) is 0.868. The van der Waals surface area contributed by atoms with Crippen molar-refractivity contribution in [2.24, 2.45) is 10.9 Å². The highest BCUT2D eigenvalue weighted by molar-refractivity contribution is 7.89. The fraction of sp³-hybridized carbons (Fsp3) is 0.0714. The topological polar surface area (TPSA) is 112 Å². The number of alkyl halides is 3. The Balaban J connectivity index is 2.85. The summed E-state index contributed by atoms with van der Waals surface area (Å²) in [5.41, 5.74) is 4.26. The fourth-order valence-electron chi connectivity index (χ4n) is 2.14. The first-order chi connectivity index (χ1) is 11.0. The third kappa shape index (κ3) is 3.84. The zero-order chi connectivity index (χ0) is 18.1. The van der Waals surface area contributed by atoms with Crippen molar-refractivity contribution in [2.45, 2.75) is 11.3 Å². The second-order valence-electron chi connectivity index (χ2n) is 4.63. The number of hydrogen-bond acceptors (Lipinski definition) is 4. The molecule has 0 aliphatic heterocycles. The molecular weight excluding hydrogens is 349 g/mol. The summed E-state index contributed by atoms with van der Waals surface area (Å²) in [6.07, 6.45) is -5.01. The van der Waals surface area contributed by atoms with Gasteiger partial charge in [0, 0.05) is 16.7 Å². The van der Waals surface area contributed by atoms with Gasteiger partial charge in [0.05, 0.1) is 4.90 Å².